The number of hydrogen-bond donors (Lipinski definition) is 2. The first-order valence-electron chi connectivity index (χ1n) is 10.6. The van der Waals surface area contributed by atoms with Crippen molar-refractivity contribution < 1.29 is 24.6 Å². The first-order valence-corrected chi connectivity index (χ1v) is 11.5. The third kappa shape index (κ3) is 3.69. The highest BCUT2D eigenvalue weighted by Gasteiger charge is 2.73. The number of carboxylic acids is 1. The summed E-state index contributed by atoms with van der Waals surface area (Å²) < 4.78 is -0.665. The van der Waals surface area contributed by atoms with Gasteiger partial charge >= 0.3 is 5.97 Å². The van der Waals surface area contributed by atoms with Gasteiger partial charge in [0.15, 0.2) is 0 Å². The lowest BCUT2D eigenvalue weighted by Gasteiger charge is -2.37. The van der Waals surface area contributed by atoms with Crippen LogP contribution in [0, 0.1) is 11.8 Å². The average molecular weight is 425 g/mol. The molecule has 1 spiro atoms. The van der Waals surface area contributed by atoms with Crippen molar-refractivity contribution >= 4 is 29.5 Å². The Morgan fingerprint density at radius 3 is 2.76 bits per heavy atom. The molecule has 2 bridgehead atoms. The van der Waals surface area contributed by atoms with Gasteiger partial charge in [0.05, 0.1) is 16.6 Å². The molecule has 2 unspecified atom stereocenters. The zero-order valence-corrected chi connectivity index (χ0v) is 17.9. The molecule has 162 valence electrons. The predicted octanol–water partition coefficient (Wildman–Crippen LogP) is 1.75. The molecule has 0 aliphatic carbocycles. The van der Waals surface area contributed by atoms with Crippen molar-refractivity contribution in [2.75, 3.05) is 26.2 Å². The second-order valence-electron chi connectivity index (χ2n) is 8.28. The molecule has 2 amide bonds. The minimum Gasteiger partial charge on any atom is -0.481 e. The molecule has 7 nitrogen and oxygen atoms in total. The predicted molar refractivity (Wildman–Crippen MR) is 111 cm³/mol. The molecular formula is C21H32N2O5S. The molecule has 29 heavy (non-hydrogen) atoms. The van der Waals surface area contributed by atoms with E-state index < -0.39 is 28.6 Å². The van der Waals surface area contributed by atoms with Crippen LogP contribution in [0.4, 0.5) is 0 Å². The van der Waals surface area contributed by atoms with Crippen LogP contribution in [0.25, 0.3) is 0 Å². The summed E-state index contributed by atoms with van der Waals surface area (Å²) in [5.74, 6) is -2.66. The highest BCUT2D eigenvalue weighted by atomic mass is 32.2. The second kappa shape index (κ2) is 9.08. The fraction of sp³-hybridized carbons (Fsp3) is 0.762. The second-order valence-corrected chi connectivity index (χ2v) is 9.88. The largest absolute Gasteiger partial charge is 0.481 e. The Bertz CT molecular complexity index is 671. The van der Waals surface area contributed by atoms with Gasteiger partial charge in [0.1, 0.15) is 6.04 Å². The summed E-state index contributed by atoms with van der Waals surface area (Å²) in [6.07, 6.45) is 6.44. The molecule has 2 N–H and O–H groups in total. The lowest BCUT2D eigenvalue weighted by atomic mass is 9.71. The Labute approximate surface area is 176 Å². The summed E-state index contributed by atoms with van der Waals surface area (Å²) in [6, 6.07) is -0.660. The van der Waals surface area contributed by atoms with Crippen molar-refractivity contribution in [3.63, 3.8) is 0 Å². The van der Waals surface area contributed by atoms with Gasteiger partial charge in [0.2, 0.25) is 11.8 Å². The number of nitrogens with zero attached hydrogens (tertiary/aromatic N) is 2. The summed E-state index contributed by atoms with van der Waals surface area (Å²) in [6.45, 7) is 7.11. The average Bonchev–Trinajstić information content (AvgIpc) is 3.33. The van der Waals surface area contributed by atoms with E-state index >= 15 is 0 Å². The van der Waals surface area contributed by atoms with Crippen LogP contribution in [0.5, 0.6) is 0 Å². The molecule has 0 aromatic carbocycles. The molecule has 3 aliphatic rings. The van der Waals surface area contributed by atoms with Gasteiger partial charge in [-0.3, -0.25) is 14.4 Å². The molecule has 0 saturated carbocycles. The zero-order chi connectivity index (χ0) is 21.2. The molecule has 0 aromatic rings. The number of hydrogen-bond acceptors (Lipinski definition) is 5. The Hall–Kier alpha value is -1.54. The third-order valence-corrected chi connectivity index (χ3v) is 8.52. The number of amides is 2. The van der Waals surface area contributed by atoms with Crippen LogP contribution in [0.15, 0.2) is 12.7 Å². The van der Waals surface area contributed by atoms with Crippen molar-refractivity contribution in [2.24, 2.45) is 11.8 Å². The molecule has 3 fully saturated rings. The maximum Gasteiger partial charge on any atom is 0.308 e. The molecule has 3 heterocycles. The smallest absolute Gasteiger partial charge is 0.308 e. The zero-order valence-electron chi connectivity index (χ0n) is 17.1. The van der Waals surface area contributed by atoms with E-state index in [4.69, 9.17) is 0 Å². The minimum absolute atomic E-state index is 0.0760. The maximum atomic E-state index is 13.7. The number of likely N-dealkylation sites (tertiary alicyclic amines) is 1. The summed E-state index contributed by atoms with van der Waals surface area (Å²) in [4.78, 5) is 42.3. The first-order chi connectivity index (χ1) is 13.9. The molecule has 3 saturated heterocycles. The minimum atomic E-state index is -0.941. The molecule has 5 atom stereocenters. The fourth-order valence-corrected chi connectivity index (χ4v) is 7.57. The molecule has 0 aromatic heterocycles. The van der Waals surface area contributed by atoms with E-state index in [1.807, 2.05) is 0 Å². The molecular weight excluding hydrogens is 392 g/mol. The number of rotatable bonds is 11. The van der Waals surface area contributed by atoms with Crippen molar-refractivity contribution in [2.45, 2.75) is 61.5 Å². The van der Waals surface area contributed by atoms with Crippen LogP contribution < -0.4 is 0 Å². The van der Waals surface area contributed by atoms with Crippen LogP contribution in [-0.4, -0.2) is 80.1 Å². The summed E-state index contributed by atoms with van der Waals surface area (Å²) >= 11 is 1.55. The van der Waals surface area contributed by atoms with Gasteiger partial charge in [-0.15, -0.1) is 18.3 Å². The standard InChI is InChI=1S/C21H32N2O5S/c1-3-5-6-11-22(10-4-2)19(26)17-21-9-8-14(29-21)15(20(27)28)16(21)18(25)23(17)12-7-13-24/h4,14-17,24H,2-3,5-13H2,1H3,(H,27,28)/t14-,15+,16+,17?,21?/m1/s1. The summed E-state index contributed by atoms with van der Waals surface area (Å²) in [5.41, 5.74) is 0. The Morgan fingerprint density at radius 1 is 1.38 bits per heavy atom. The van der Waals surface area contributed by atoms with Gasteiger partial charge in [-0.25, -0.2) is 0 Å². The topological polar surface area (TPSA) is 98.2 Å². The number of carbonyl (C=O) groups is 3. The van der Waals surface area contributed by atoms with Gasteiger partial charge in [0, 0.05) is 31.5 Å². The van der Waals surface area contributed by atoms with Crippen molar-refractivity contribution in [3.8, 4) is 0 Å². The first kappa shape index (κ1) is 22.2. The van der Waals surface area contributed by atoms with Crippen molar-refractivity contribution in [3.05, 3.63) is 12.7 Å². The number of fused-ring (bicyclic) bond motifs is 1. The van der Waals surface area contributed by atoms with Crippen molar-refractivity contribution in [1.29, 1.82) is 0 Å². The number of carboxylic acid groups (broad SMARTS) is 1. The van der Waals surface area contributed by atoms with Gasteiger partial charge in [-0.05, 0) is 25.7 Å². The highest BCUT2D eigenvalue weighted by Crippen LogP contribution is 2.66. The van der Waals surface area contributed by atoms with E-state index in [1.54, 1.807) is 27.6 Å². The number of aliphatic hydroxyl groups excluding tert-OH is 1. The fourth-order valence-electron chi connectivity index (χ4n) is 5.37. The summed E-state index contributed by atoms with van der Waals surface area (Å²) in [7, 11) is 0. The monoisotopic (exact) mass is 424 g/mol. The number of aliphatic carboxylic acids is 1. The van der Waals surface area contributed by atoms with Crippen LogP contribution >= 0.6 is 11.8 Å². The quantitative estimate of drug-likeness (QED) is 0.387. The molecule has 3 rings (SSSR count). The number of aliphatic hydroxyl groups is 1. The molecule has 3 aliphatic heterocycles. The van der Waals surface area contributed by atoms with Gasteiger partial charge in [0.25, 0.3) is 0 Å². The Kier molecular flexibility index (Phi) is 6.94. The van der Waals surface area contributed by atoms with Crippen LogP contribution in [0.1, 0.15) is 45.4 Å². The van der Waals surface area contributed by atoms with Crippen LogP contribution in [0.2, 0.25) is 0 Å². The lowest BCUT2D eigenvalue weighted by Crippen LogP contribution is -2.55. The van der Waals surface area contributed by atoms with Gasteiger partial charge < -0.3 is 20.0 Å². The third-order valence-electron chi connectivity index (χ3n) is 6.57. The number of thioether (sulfide) groups is 1. The van der Waals surface area contributed by atoms with E-state index in [0.717, 1.165) is 25.7 Å². The normalized spacial score (nSPS) is 32.5. The van der Waals surface area contributed by atoms with Crippen LogP contribution in [0.3, 0.4) is 0 Å². The summed E-state index contributed by atoms with van der Waals surface area (Å²) in [5, 5.41) is 19.0. The van der Waals surface area contributed by atoms with E-state index in [9.17, 15) is 24.6 Å². The SMILES string of the molecule is C=CCN(CCCCC)C(=O)C1N(CCCO)C(=O)[C@@H]2[C@@H](C(=O)O)[C@H]3CCC12S3. The number of carbonyl (C=O) groups excluding carboxylic acids is 2. The van der Waals surface area contributed by atoms with E-state index in [-0.39, 0.29) is 30.2 Å². The number of unbranched alkanes of at least 4 members (excludes halogenated alkanes) is 2. The Morgan fingerprint density at radius 2 is 2.14 bits per heavy atom. The van der Waals surface area contributed by atoms with E-state index in [2.05, 4.69) is 13.5 Å². The molecule has 8 heteroatoms. The maximum absolute atomic E-state index is 13.7. The van der Waals surface area contributed by atoms with E-state index in [0.29, 0.717) is 25.9 Å². The van der Waals surface area contributed by atoms with E-state index in [1.165, 1.54) is 0 Å². The van der Waals surface area contributed by atoms with Gasteiger partial charge in [-0.2, -0.15) is 0 Å². The van der Waals surface area contributed by atoms with Gasteiger partial charge in [-0.1, -0.05) is 25.8 Å². The Balaban J connectivity index is 1.94. The van der Waals surface area contributed by atoms with Crippen molar-refractivity contribution in [1.82, 2.24) is 9.80 Å². The van der Waals surface area contributed by atoms with Crippen LogP contribution in [-0.2, 0) is 14.4 Å². The molecule has 0 radical (unpaired) electrons. The highest BCUT2D eigenvalue weighted by molar-refractivity contribution is 8.02. The lowest BCUT2D eigenvalue weighted by molar-refractivity contribution is -0.148.